The minimum atomic E-state index is 0.213. The molecule has 0 aliphatic heterocycles. The van der Waals surface area contributed by atoms with Crippen LogP contribution >= 0.6 is 0 Å². The van der Waals surface area contributed by atoms with Crippen molar-refractivity contribution in [2.45, 2.75) is 6.42 Å². The molecule has 122 valence electrons. The van der Waals surface area contributed by atoms with Gasteiger partial charge in [0.05, 0.1) is 0 Å². The molecular formula is C23H18O2. The van der Waals surface area contributed by atoms with Gasteiger partial charge in [-0.25, -0.2) is 0 Å². The highest BCUT2D eigenvalue weighted by Gasteiger charge is 2.20. The largest absolute Gasteiger partial charge is 0.507 e. The van der Waals surface area contributed by atoms with Crippen LogP contribution in [0.25, 0.3) is 21.9 Å². The Bertz CT molecular complexity index is 1020. The Morgan fingerprint density at radius 1 is 0.560 bits per heavy atom. The van der Waals surface area contributed by atoms with Gasteiger partial charge in [-0.15, -0.1) is 0 Å². The monoisotopic (exact) mass is 326 g/mol. The normalized spacial score (nSPS) is 10.9. The van der Waals surface area contributed by atoms with Crippen molar-refractivity contribution in [2.75, 3.05) is 0 Å². The second-order valence-corrected chi connectivity index (χ2v) is 6.12. The smallest absolute Gasteiger partial charge is 0.131 e. The summed E-state index contributed by atoms with van der Waals surface area (Å²) >= 11 is 0. The summed E-state index contributed by atoms with van der Waals surface area (Å²) in [4.78, 5) is 0. The lowest BCUT2D eigenvalue weighted by Crippen LogP contribution is -1.95. The molecule has 25 heavy (non-hydrogen) atoms. The van der Waals surface area contributed by atoms with Crippen molar-refractivity contribution in [2.24, 2.45) is 0 Å². The van der Waals surface area contributed by atoms with Crippen molar-refractivity contribution < 1.29 is 10.2 Å². The number of hydrogen-bond acceptors (Lipinski definition) is 2. The molecule has 0 bridgehead atoms. The van der Waals surface area contributed by atoms with Gasteiger partial charge in [-0.1, -0.05) is 84.9 Å². The highest BCUT2D eigenvalue weighted by molar-refractivity contribution is 6.01. The zero-order valence-corrected chi connectivity index (χ0v) is 13.7. The van der Waals surface area contributed by atoms with E-state index in [1.165, 1.54) is 0 Å². The van der Waals surface area contributed by atoms with Gasteiger partial charge in [0.25, 0.3) is 0 Å². The van der Waals surface area contributed by atoms with E-state index >= 15 is 0 Å². The summed E-state index contributed by atoms with van der Waals surface area (Å²) in [5, 5.41) is 23.3. The van der Waals surface area contributed by atoms with Gasteiger partial charge in [0.1, 0.15) is 11.5 Å². The quantitative estimate of drug-likeness (QED) is 0.487. The molecule has 0 unspecified atom stereocenters. The number of fused-ring (bicyclic) bond motifs is 1. The average molecular weight is 326 g/mol. The third-order valence-electron chi connectivity index (χ3n) is 4.55. The van der Waals surface area contributed by atoms with E-state index < -0.39 is 0 Å². The molecule has 0 aromatic heterocycles. The molecule has 0 saturated heterocycles. The summed E-state index contributed by atoms with van der Waals surface area (Å²) in [6.45, 7) is 0. The molecule has 0 amide bonds. The lowest BCUT2D eigenvalue weighted by molar-refractivity contribution is 0.466. The Morgan fingerprint density at radius 3 is 1.72 bits per heavy atom. The number of phenols is 2. The van der Waals surface area contributed by atoms with Crippen molar-refractivity contribution in [3.05, 3.63) is 96.1 Å². The number of aromatic hydroxyl groups is 2. The van der Waals surface area contributed by atoms with Gasteiger partial charge in [0.15, 0.2) is 0 Å². The highest BCUT2D eigenvalue weighted by Crippen LogP contribution is 2.45. The Kier molecular flexibility index (Phi) is 3.87. The summed E-state index contributed by atoms with van der Waals surface area (Å²) in [7, 11) is 0. The molecule has 0 radical (unpaired) electrons. The van der Waals surface area contributed by atoms with Crippen molar-refractivity contribution in [1.29, 1.82) is 0 Å². The summed E-state index contributed by atoms with van der Waals surface area (Å²) < 4.78 is 0. The van der Waals surface area contributed by atoms with Crippen LogP contribution in [0.15, 0.2) is 84.9 Å². The molecular weight excluding hydrogens is 308 g/mol. The zero-order chi connectivity index (χ0) is 17.2. The van der Waals surface area contributed by atoms with E-state index in [4.69, 9.17) is 0 Å². The van der Waals surface area contributed by atoms with Crippen LogP contribution in [0.1, 0.15) is 11.1 Å². The molecule has 2 heteroatoms. The van der Waals surface area contributed by atoms with Crippen LogP contribution < -0.4 is 0 Å². The maximum atomic E-state index is 11.0. The fourth-order valence-corrected chi connectivity index (χ4v) is 3.34. The van der Waals surface area contributed by atoms with Crippen molar-refractivity contribution >= 4 is 10.8 Å². The van der Waals surface area contributed by atoms with Crippen LogP contribution in [0.2, 0.25) is 0 Å². The van der Waals surface area contributed by atoms with Crippen LogP contribution in [0.5, 0.6) is 11.5 Å². The molecule has 0 aliphatic carbocycles. The van der Waals surface area contributed by atoms with Gasteiger partial charge in [0.2, 0.25) is 0 Å². The van der Waals surface area contributed by atoms with Crippen LogP contribution in [0.3, 0.4) is 0 Å². The topological polar surface area (TPSA) is 40.5 Å². The van der Waals surface area contributed by atoms with Crippen LogP contribution in [-0.4, -0.2) is 10.2 Å². The first-order chi connectivity index (χ1) is 12.3. The Labute approximate surface area is 146 Å². The first-order valence-corrected chi connectivity index (χ1v) is 8.30. The Morgan fingerprint density at radius 2 is 1.08 bits per heavy atom. The number of phenolic OH excluding ortho intramolecular Hbond substituents is 2. The van der Waals surface area contributed by atoms with E-state index in [9.17, 15) is 10.2 Å². The Balaban J connectivity index is 2.03. The molecule has 4 rings (SSSR count). The lowest BCUT2D eigenvalue weighted by atomic mass is 9.89. The second kappa shape index (κ2) is 6.33. The number of benzene rings is 4. The zero-order valence-electron chi connectivity index (χ0n) is 13.7. The van der Waals surface area contributed by atoms with Gasteiger partial charge >= 0.3 is 0 Å². The van der Waals surface area contributed by atoms with Gasteiger partial charge < -0.3 is 10.2 Å². The molecule has 2 nitrogen and oxygen atoms in total. The summed E-state index contributed by atoms with van der Waals surface area (Å²) in [5.74, 6) is 0.446. The first kappa shape index (κ1) is 15.3. The molecule has 0 spiro atoms. The number of rotatable bonds is 3. The summed E-state index contributed by atoms with van der Waals surface area (Å²) in [6.07, 6.45) is 0.551. The van der Waals surface area contributed by atoms with E-state index in [1.54, 1.807) is 0 Å². The van der Waals surface area contributed by atoms with E-state index in [0.717, 1.165) is 16.7 Å². The Hall–Kier alpha value is -3.26. The predicted octanol–water partition coefficient (Wildman–Crippen LogP) is 5.51. The first-order valence-electron chi connectivity index (χ1n) is 8.30. The van der Waals surface area contributed by atoms with E-state index in [-0.39, 0.29) is 11.5 Å². The molecule has 4 aromatic rings. The molecule has 0 heterocycles. The average Bonchev–Trinajstić information content (AvgIpc) is 2.68. The summed E-state index contributed by atoms with van der Waals surface area (Å²) in [5.41, 5.74) is 3.42. The fraction of sp³-hybridized carbons (Fsp3) is 0.0435. The standard InChI is InChI=1S/C23H18O2/c24-22-18-13-7-8-14-19(18)23(25)21(17-11-5-2-6-12-17)20(22)15-16-9-3-1-4-10-16/h1-14,24-25H,15H2. The van der Waals surface area contributed by atoms with Crippen LogP contribution in [0.4, 0.5) is 0 Å². The van der Waals surface area contributed by atoms with Crippen LogP contribution in [0, 0.1) is 0 Å². The molecule has 0 fully saturated rings. The van der Waals surface area contributed by atoms with Crippen molar-refractivity contribution in [3.8, 4) is 22.6 Å². The van der Waals surface area contributed by atoms with E-state index in [0.29, 0.717) is 22.8 Å². The highest BCUT2D eigenvalue weighted by atomic mass is 16.3. The van der Waals surface area contributed by atoms with E-state index in [1.807, 2.05) is 84.9 Å². The van der Waals surface area contributed by atoms with E-state index in [2.05, 4.69) is 0 Å². The third kappa shape index (κ3) is 2.72. The van der Waals surface area contributed by atoms with Gasteiger partial charge in [-0.2, -0.15) is 0 Å². The molecule has 4 aromatic carbocycles. The van der Waals surface area contributed by atoms with Crippen LogP contribution in [-0.2, 0) is 6.42 Å². The SMILES string of the molecule is Oc1c(Cc2ccccc2)c(-c2ccccc2)c(O)c2ccccc12. The van der Waals surface area contributed by atoms with Crippen molar-refractivity contribution in [1.82, 2.24) is 0 Å². The lowest BCUT2D eigenvalue weighted by Gasteiger charge is -2.17. The van der Waals surface area contributed by atoms with Gasteiger partial charge in [-0.3, -0.25) is 0 Å². The van der Waals surface area contributed by atoms with Gasteiger partial charge in [0, 0.05) is 28.3 Å². The van der Waals surface area contributed by atoms with Gasteiger partial charge in [-0.05, 0) is 11.1 Å². The number of hydrogen-bond donors (Lipinski definition) is 2. The summed E-state index contributed by atoms with van der Waals surface area (Å²) in [6, 6.07) is 27.1. The minimum absolute atomic E-state index is 0.213. The second-order valence-electron chi connectivity index (χ2n) is 6.12. The molecule has 0 aliphatic rings. The maximum absolute atomic E-state index is 11.0. The molecule has 0 atom stereocenters. The third-order valence-corrected chi connectivity index (χ3v) is 4.55. The minimum Gasteiger partial charge on any atom is -0.507 e. The predicted molar refractivity (Wildman–Crippen MR) is 102 cm³/mol. The van der Waals surface area contributed by atoms with Crippen molar-refractivity contribution in [3.63, 3.8) is 0 Å². The molecule has 2 N–H and O–H groups in total. The maximum Gasteiger partial charge on any atom is 0.131 e. The molecule has 0 saturated carbocycles. The fourth-order valence-electron chi connectivity index (χ4n) is 3.34.